The van der Waals surface area contributed by atoms with Crippen LogP contribution in [-0.4, -0.2) is 23.9 Å². The second-order valence-electron chi connectivity index (χ2n) is 7.18. The van der Waals surface area contributed by atoms with Crippen molar-refractivity contribution in [2.24, 2.45) is 11.7 Å². The van der Waals surface area contributed by atoms with Gasteiger partial charge in [-0.05, 0) is 55.2 Å². The Morgan fingerprint density at radius 3 is 2.76 bits per heavy atom. The molecule has 2 aliphatic rings. The van der Waals surface area contributed by atoms with Gasteiger partial charge < -0.3 is 20.4 Å². The first-order valence-corrected chi connectivity index (χ1v) is 9.14. The van der Waals surface area contributed by atoms with Crippen LogP contribution in [-0.2, 0) is 0 Å². The van der Waals surface area contributed by atoms with Crippen LogP contribution in [0.2, 0.25) is 0 Å². The van der Waals surface area contributed by atoms with Crippen molar-refractivity contribution in [3.8, 4) is 0 Å². The highest BCUT2D eigenvalue weighted by Crippen LogP contribution is 2.42. The Kier molecular flexibility index (Phi) is 4.25. The number of fused-ring (bicyclic) bond motifs is 1. The number of carbonyl (C=O) groups is 1. The van der Waals surface area contributed by atoms with Crippen LogP contribution in [0, 0.1) is 5.92 Å². The van der Waals surface area contributed by atoms with Gasteiger partial charge in [0.15, 0.2) is 0 Å². The predicted octanol–water partition coefficient (Wildman–Crippen LogP) is 3.71. The first kappa shape index (κ1) is 16.2. The molecule has 3 N–H and O–H groups in total. The minimum atomic E-state index is -0.138. The second-order valence-corrected chi connectivity index (χ2v) is 7.18. The quantitative estimate of drug-likeness (QED) is 0.875. The van der Waals surface area contributed by atoms with Crippen molar-refractivity contribution in [2.75, 3.05) is 18.4 Å². The molecule has 0 saturated carbocycles. The normalized spacial score (nSPS) is 26.0. The third kappa shape index (κ3) is 2.93. The minimum Gasteiger partial charge on any atom is -0.467 e. The monoisotopic (exact) mass is 339 g/mol. The van der Waals surface area contributed by atoms with E-state index in [2.05, 4.69) is 12.2 Å². The maximum Gasteiger partial charge on any atom is 0.253 e. The maximum absolute atomic E-state index is 12.8. The summed E-state index contributed by atoms with van der Waals surface area (Å²) in [7, 11) is 0. The Morgan fingerprint density at radius 2 is 2.04 bits per heavy atom. The van der Waals surface area contributed by atoms with Crippen LogP contribution >= 0.6 is 0 Å². The van der Waals surface area contributed by atoms with E-state index in [4.69, 9.17) is 10.2 Å². The molecule has 4 rings (SSSR count). The van der Waals surface area contributed by atoms with Crippen LogP contribution in [0.3, 0.4) is 0 Å². The van der Waals surface area contributed by atoms with Crippen molar-refractivity contribution in [2.45, 2.75) is 38.3 Å². The molecule has 0 radical (unpaired) electrons. The lowest BCUT2D eigenvalue weighted by atomic mass is 9.82. The summed E-state index contributed by atoms with van der Waals surface area (Å²) in [5.41, 5.74) is 9.27. The fraction of sp³-hybridized carbons (Fsp3) is 0.450. The topological polar surface area (TPSA) is 71.5 Å². The highest BCUT2D eigenvalue weighted by molar-refractivity contribution is 5.95. The van der Waals surface area contributed by atoms with E-state index in [1.54, 1.807) is 6.26 Å². The number of furan rings is 1. The lowest BCUT2D eigenvalue weighted by molar-refractivity contribution is 0.0724. The highest BCUT2D eigenvalue weighted by Gasteiger charge is 2.34. The third-order valence-electron chi connectivity index (χ3n) is 5.55. The smallest absolute Gasteiger partial charge is 0.253 e. The van der Waals surface area contributed by atoms with Gasteiger partial charge in [0.2, 0.25) is 0 Å². The molecular weight excluding hydrogens is 314 g/mol. The minimum absolute atomic E-state index is 0.0427. The Labute approximate surface area is 148 Å². The number of hydrogen-bond acceptors (Lipinski definition) is 4. The Bertz CT molecular complexity index is 750. The van der Waals surface area contributed by atoms with E-state index in [0.29, 0.717) is 0 Å². The van der Waals surface area contributed by atoms with Crippen LogP contribution < -0.4 is 11.1 Å². The average molecular weight is 339 g/mol. The summed E-state index contributed by atoms with van der Waals surface area (Å²) in [6, 6.07) is 9.63. The van der Waals surface area contributed by atoms with E-state index in [1.165, 1.54) is 6.42 Å². The van der Waals surface area contributed by atoms with Crippen molar-refractivity contribution < 1.29 is 9.21 Å². The molecule has 3 heterocycles. The van der Waals surface area contributed by atoms with Crippen LogP contribution in [0.25, 0.3) is 0 Å². The van der Waals surface area contributed by atoms with Crippen molar-refractivity contribution in [3.05, 3.63) is 53.5 Å². The van der Waals surface area contributed by atoms with Gasteiger partial charge in [0.25, 0.3) is 5.91 Å². The summed E-state index contributed by atoms with van der Waals surface area (Å²) in [4.78, 5) is 14.7. The molecule has 1 saturated heterocycles. The molecular formula is C20H25N3O2. The van der Waals surface area contributed by atoms with Crippen LogP contribution in [0.4, 0.5) is 5.69 Å². The zero-order valence-corrected chi connectivity index (χ0v) is 14.6. The van der Waals surface area contributed by atoms with Gasteiger partial charge in [-0.1, -0.05) is 6.92 Å². The summed E-state index contributed by atoms with van der Waals surface area (Å²) >= 11 is 0. The molecule has 1 aromatic carbocycles. The van der Waals surface area contributed by atoms with Gasteiger partial charge in [-0.15, -0.1) is 0 Å². The molecule has 3 atom stereocenters. The van der Waals surface area contributed by atoms with Gasteiger partial charge in [-0.2, -0.15) is 0 Å². The number of benzene rings is 1. The van der Waals surface area contributed by atoms with Crippen LogP contribution in [0.5, 0.6) is 0 Å². The summed E-state index contributed by atoms with van der Waals surface area (Å²) in [5, 5.41) is 3.53. The van der Waals surface area contributed by atoms with Crippen LogP contribution in [0.1, 0.15) is 60.0 Å². The van der Waals surface area contributed by atoms with E-state index in [-0.39, 0.29) is 23.9 Å². The van der Waals surface area contributed by atoms with Crippen molar-refractivity contribution in [1.82, 2.24) is 4.90 Å². The molecule has 132 valence electrons. The zero-order chi connectivity index (χ0) is 17.4. The predicted molar refractivity (Wildman–Crippen MR) is 97.4 cm³/mol. The number of piperidine rings is 1. The standard InChI is InChI=1S/C20H25N3O2/c1-13-18(21)15-12-14(20(24)23-9-3-2-4-10-23)7-8-16(15)22-19(13)17-6-5-11-25-17/h5-8,11-13,18-19,22H,2-4,9-10,21H2,1H3/t13-,18+,19?/m1/s1. The molecule has 0 spiro atoms. The number of nitrogens with two attached hydrogens (primary N) is 1. The lowest BCUT2D eigenvalue weighted by Crippen LogP contribution is -2.37. The fourth-order valence-electron chi connectivity index (χ4n) is 3.97. The van der Waals surface area contributed by atoms with E-state index < -0.39 is 0 Å². The number of anilines is 1. The van der Waals surface area contributed by atoms with E-state index >= 15 is 0 Å². The Morgan fingerprint density at radius 1 is 1.24 bits per heavy atom. The van der Waals surface area contributed by atoms with Crippen molar-refractivity contribution in [3.63, 3.8) is 0 Å². The SMILES string of the molecule is C[C@H]1C(c2ccco2)Nc2ccc(C(=O)N3CCCCC3)cc2[C@H]1N. The average Bonchev–Trinajstić information content (AvgIpc) is 3.19. The molecule has 0 bridgehead atoms. The molecule has 5 nitrogen and oxygen atoms in total. The molecule has 1 aromatic heterocycles. The van der Waals surface area contributed by atoms with Crippen molar-refractivity contribution >= 4 is 11.6 Å². The summed E-state index contributed by atoms with van der Waals surface area (Å²) in [6.07, 6.45) is 5.10. The van der Waals surface area contributed by atoms with E-state index in [0.717, 1.165) is 48.5 Å². The van der Waals surface area contributed by atoms with E-state index in [1.807, 2.05) is 35.2 Å². The lowest BCUT2D eigenvalue weighted by Gasteiger charge is -2.36. The summed E-state index contributed by atoms with van der Waals surface area (Å²) < 4.78 is 5.57. The molecule has 2 aromatic rings. The number of nitrogens with one attached hydrogen (secondary N) is 1. The molecule has 1 fully saturated rings. The molecule has 2 aliphatic heterocycles. The Hall–Kier alpha value is -2.27. The van der Waals surface area contributed by atoms with Crippen molar-refractivity contribution in [1.29, 1.82) is 0 Å². The van der Waals surface area contributed by atoms with Gasteiger partial charge in [0, 0.05) is 36.3 Å². The number of likely N-dealkylation sites (tertiary alicyclic amines) is 1. The van der Waals surface area contributed by atoms with Gasteiger partial charge >= 0.3 is 0 Å². The number of carbonyl (C=O) groups excluding carboxylic acids is 1. The molecule has 5 heteroatoms. The van der Waals surface area contributed by atoms with Gasteiger partial charge in [0.05, 0.1) is 12.3 Å². The Balaban J connectivity index is 1.61. The molecule has 25 heavy (non-hydrogen) atoms. The second kappa shape index (κ2) is 6.56. The first-order valence-electron chi connectivity index (χ1n) is 9.14. The third-order valence-corrected chi connectivity index (χ3v) is 5.55. The van der Waals surface area contributed by atoms with Gasteiger partial charge in [-0.25, -0.2) is 0 Å². The maximum atomic E-state index is 12.8. The zero-order valence-electron chi connectivity index (χ0n) is 14.6. The molecule has 1 amide bonds. The van der Waals surface area contributed by atoms with Gasteiger partial charge in [0.1, 0.15) is 5.76 Å². The summed E-state index contributed by atoms with van der Waals surface area (Å²) in [6.45, 7) is 3.83. The van der Waals surface area contributed by atoms with Crippen LogP contribution in [0.15, 0.2) is 41.0 Å². The number of rotatable bonds is 2. The van der Waals surface area contributed by atoms with E-state index in [9.17, 15) is 4.79 Å². The summed E-state index contributed by atoms with van der Waals surface area (Å²) in [5.74, 6) is 1.18. The number of nitrogens with zero attached hydrogens (tertiary/aromatic N) is 1. The number of hydrogen-bond donors (Lipinski definition) is 2. The fourth-order valence-corrected chi connectivity index (χ4v) is 3.97. The number of amides is 1. The molecule has 0 aliphatic carbocycles. The molecule has 1 unspecified atom stereocenters. The highest BCUT2D eigenvalue weighted by atomic mass is 16.3. The van der Waals surface area contributed by atoms with Gasteiger partial charge in [-0.3, -0.25) is 4.79 Å². The largest absolute Gasteiger partial charge is 0.467 e. The first-order chi connectivity index (χ1) is 12.1.